The smallest absolute Gasteiger partial charge is 0.475 e. The van der Waals surface area contributed by atoms with Gasteiger partial charge in [0, 0.05) is 12.1 Å². The van der Waals surface area contributed by atoms with Crippen LogP contribution >= 0.6 is 11.3 Å². The summed E-state index contributed by atoms with van der Waals surface area (Å²) in [6.45, 7) is 6.22. The predicted octanol–water partition coefficient (Wildman–Crippen LogP) is 3.40. The third-order valence-electron chi connectivity index (χ3n) is 3.98. The van der Waals surface area contributed by atoms with E-state index in [1.54, 1.807) is 0 Å². The molecule has 4 N–H and O–H groups in total. The number of carboxylic acid groups (broad SMARTS) is 1. The Bertz CT molecular complexity index is 1120. The molecule has 1 amide bonds. The number of nitrogens with zero attached hydrogens (tertiary/aromatic N) is 3. The minimum atomic E-state index is -5.08. The topological polar surface area (TPSA) is 131 Å². The Morgan fingerprint density at radius 1 is 1.06 bits per heavy atom. The summed E-state index contributed by atoms with van der Waals surface area (Å²) in [5.41, 5.74) is 10.3. The van der Waals surface area contributed by atoms with Crippen molar-refractivity contribution in [2.24, 2.45) is 5.73 Å². The molecule has 2 heterocycles. The van der Waals surface area contributed by atoms with Gasteiger partial charge in [0.1, 0.15) is 4.88 Å². The quantitative estimate of drug-likeness (QED) is 0.549. The van der Waals surface area contributed by atoms with Crippen molar-refractivity contribution in [1.82, 2.24) is 15.0 Å². The molecule has 0 unspecified atom stereocenters. The van der Waals surface area contributed by atoms with Gasteiger partial charge in [0.05, 0.1) is 33.1 Å². The Balaban J connectivity index is 0.000000423. The number of nitrogens with two attached hydrogens (primary N) is 1. The van der Waals surface area contributed by atoms with Gasteiger partial charge in [0.2, 0.25) is 0 Å². The second-order valence-corrected chi connectivity index (χ2v) is 7.50. The van der Waals surface area contributed by atoms with Crippen molar-refractivity contribution in [2.75, 3.05) is 11.9 Å². The van der Waals surface area contributed by atoms with Crippen molar-refractivity contribution in [3.63, 3.8) is 0 Å². The Morgan fingerprint density at radius 3 is 2.19 bits per heavy atom. The van der Waals surface area contributed by atoms with Crippen LogP contribution < -0.4 is 11.1 Å². The van der Waals surface area contributed by atoms with Crippen molar-refractivity contribution in [2.45, 2.75) is 33.4 Å². The molecule has 166 valence electrons. The zero-order valence-electron chi connectivity index (χ0n) is 16.9. The maximum atomic E-state index is 12.5. The Kier molecular flexibility index (Phi) is 7.63. The van der Waals surface area contributed by atoms with Crippen molar-refractivity contribution in [3.8, 4) is 0 Å². The lowest BCUT2D eigenvalue weighted by Gasteiger charge is -2.07. The van der Waals surface area contributed by atoms with E-state index in [1.807, 2.05) is 39.0 Å². The molecule has 0 saturated carbocycles. The zero-order valence-corrected chi connectivity index (χ0v) is 17.7. The standard InChI is InChI=1S/C17H19N5OS.C2HF3O2/c1-9-10(2)20-14-8-12(4-5-13(14)19-9)22-17(23)16-11(3)21-15(24-16)6-7-18;3-2(4,5)1(6)7/h4-5,8H,6-7,18H2,1-3H3,(H,22,23);(H,6,7). The normalized spacial score (nSPS) is 11.1. The van der Waals surface area contributed by atoms with E-state index in [2.05, 4.69) is 20.3 Å². The number of halogens is 3. The first kappa shape index (κ1) is 24.2. The molecule has 2 aromatic heterocycles. The number of carboxylic acids is 1. The highest BCUT2D eigenvalue weighted by atomic mass is 32.1. The number of thiazole rings is 1. The van der Waals surface area contributed by atoms with Gasteiger partial charge >= 0.3 is 12.1 Å². The maximum absolute atomic E-state index is 12.5. The van der Waals surface area contributed by atoms with E-state index in [1.165, 1.54) is 11.3 Å². The van der Waals surface area contributed by atoms with Crippen molar-refractivity contribution < 1.29 is 27.9 Å². The molecule has 0 aliphatic rings. The Labute approximate surface area is 179 Å². The number of nitrogens with one attached hydrogen (secondary N) is 1. The second-order valence-electron chi connectivity index (χ2n) is 6.42. The molecule has 0 aliphatic carbocycles. The van der Waals surface area contributed by atoms with Crippen LogP contribution in [0.15, 0.2) is 18.2 Å². The number of carbonyl (C=O) groups excluding carboxylic acids is 1. The number of anilines is 1. The van der Waals surface area contributed by atoms with Crippen LogP contribution in [-0.4, -0.2) is 44.7 Å². The van der Waals surface area contributed by atoms with Crippen LogP contribution in [0.25, 0.3) is 11.0 Å². The molecule has 8 nitrogen and oxygen atoms in total. The fourth-order valence-electron chi connectivity index (χ4n) is 2.39. The highest BCUT2D eigenvalue weighted by molar-refractivity contribution is 7.13. The summed E-state index contributed by atoms with van der Waals surface area (Å²) in [4.78, 5) is 35.4. The average molecular weight is 455 g/mol. The zero-order chi connectivity index (χ0) is 23.3. The fourth-order valence-corrected chi connectivity index (χ4v) is 3.36. The summed E-state index contributed by atoms with van der Waals surface area (Å²) in [7, 11) is 0. The largest absolute Gasteiger partial charge is 0.490 e. The van der Waals surface area contributed by atoms with Gasteiger partial charge in [-0.3, -0.25) is 4.79 Å². The molecule has 0 radical (unpaired) electrons. The van der Waals surface area contributed by atoms with Crippen molar-refractivity contribution >= 4 is 39.9 Å². The summed E-state index contributed by atoms with van der Waals surface area (Å²) in [6.07, 6.45) is -4.40. The number of rotatable bonds is 4. The summed E-state index contributed by atoms with van der Waals surface area (Å²) >= 11 is 1.39. The Hall–Kier alpha value is -3.12. The van der Waals surface area contributed by atoms with Crippen LogP contribution in [0.5, 0.6) is 0 Å². The average Bonchev–Trinajstić information content (AvgIpc) is 3.03. The monoisotopic (exact) mass is 455 g/mol. The van der Waals surface area contributed by atoms with Crippen LogP contribution in [0.2, 0.25) is 0 Å². The van der Waals surface area contributed by atoms with Crippen LogP contribution in [-0.2, 0) is 11.2 Å². The number of aryl methyl sites for hydroxylation is 3. The third-order valence-corrected chi connectivity index (χ3v) is 5.20. The lowest BCUT2D eigenvalue weighted by atomic mass is 10.2. The summed E-state index contributed by atoms with van der Waals surface area (Å²) in [5.74, 6) is -2.92. The first-order chi connectivity index (χ1) is 14.4. The number of alkyl halides is 3. The number of hydrogen-bond donors (Lipinski definition) is 3. The highest BCUT2D eigenvalue weighted by Crippen LogP contribution is 2.22. The predicted molar refractivity (Wildman–Crippen MR) is 110 cm³/mol. The van der Waals surface area contributed by atoms with Crippen molar-refractivity contribution in [1.29, 1.82) is 0 Å². The summed E-state index contributed by atoms with van der Waals surface area (Å²) in [6, 6.07) is 5.54. The van der Waals surface area contributed by atoms with E-state index in [-0.39, 0.29) is 5.91 Å². The molecule has 3 aromatic rings. The lowest BCUT2D eigenvalue weighted by molar-refractivity contribution is -0.192. The molecular weight excluding hydrogens is 435 g/mol. The van der Waals surface area contributed by atoms with Crippen molar-refractivity contribution in [3.05, 3.63) is 45.2 Å². The van der Waals surface area contributed by atoms with Crippen LogP contribution in [0.4, 0.5) is 18.9 Å². The number of amides is 1. The third kappa shape index (κ3) is 6.43. The van der Waals surface area contributed by atoms with Crippen LogP contribution in [0.3, 0.4) is 0 Å². The fraction of sp³-hybridized carbons (Fsp3) is 0.316. The Morgan fingerprint density at radius 2 is 1.65 bits per heavy atom. The maximum Gasteiger partial charge on any atom is 0.490 e. The molecule has 0 bridgehead atoms. The van der Waals surface area contributed by atoms with E-state index < -0.39 is 12.1 Å². The lowest BCUT2D eigenvalue weighted by Crippen LogP contribution is -2.21. The number of carbonyl (C=O) groups is 2. The number of aliphatic carboxylic acids is 1. The molecule has 31 heavy (non-hydrogen) atoms. The minimum absolute atomic E-state index is 0.163. The summed E-state index contributed by atoms with van der Waals surface area (Å²) < 4.78 is 31.7. The van der Waals surface area contributed by atoms with Gasteiger partial charge in [-0.2, -0.15) is 13.2 Å². The number of fused-ring (bicyclic) bond motifs is 1. The molecule has 0 fully saturated rings. The van der Waals surface area contributed by atoms with E-state index in [0.29, 0.717) is 23.5 Å². The number of benzene rings is 1. The van der Waals surface area contributed by atoms with Gasteiger partial charge in [-0.25, -0.2) is 19.7 Å². The molecule has 0 atom stereocenters. The number of hydrogen-bond acceptors (Lipinski definition) is 7. The molecular formula is C19H20F3N5O3S. The number of aromatic nitrogens is 3. The summed E-state index contributed by atoms with van der Waals surface area (Å²) in [5, 5.41) is 10.9. The first-order valence-electron chi connectivity index (χ1n) is 8.95. The van der Waals surface area contributed by atoms with E-state index in [9.17, 15) is 18.0 Å². The molecule has 0 aliphatic heterocycles. The molecule has 12 heteroatoms. The highest BCUT2D eigenvalue weighted by Gasteiger charge is 2.38. The minimum Gasteiger partial charge on any atom is -0.475 e. The van der Waals surface area contributed by atoms with Crippen LogP contribution in [0.1, 0.15) is 31.8 Å². The molecule has 1 aromatic carbocycles. The van der Waals surface area contributed by atoms with Gasteiger partial charge in [0.15, 0.2) is 0 Å². The van der Waals surface area contributed by atoms with Gasteiger partial charge in [-0.05, 0) is 45.5 Å². The SMILES string of the molecule is Cc1nc2ccc(NC(=O)c3sc(CCN)nc3C)cc2nc1C.O=C(O)C(F)(F)F. The van der Waals surface area contributed by atoms with E-state index in [0.717, 1.165) is 33.1 Å². The molecule has 0 spiro atoms. The van der Waals surface area contributed by atoms with E-state index >= 15 is 0 Å². The van der Waals surface area contributed by atoms with Gasteiger partial charge in [-0.15, -0.1) is 11.3 Å². The molecule has 0 saturated heterocycles. The van der Waals surface area contributed by atoms with Gasteiger partial charge in [0.25, 0.3) is 5.91 Å². The van der Waals surface area contributed by atoms with E-state index in [4.69, 9.17) is 15.6 Å². The first-order valence-corrected chi connectivity index (χ1v) is 9.77. The van der Waals surface area contributed by atoms with Gasteiger partial charge in [-0.1, -0.05) is 0 Å². The van der Waals surface area contributed by atoms with Crippen LogP contribution in [0, 0.1) is 20.8 Å². The molecule has 3 rings (SSSR count). The second kappa shape index (κ2) is 9.79. The van der Waals surface area contributed by atoms with Gasteiger partial charge < -0.3 is 16.2 Å².